The van der Waals surface area contributed by atoms with E-state index in [2.05, 4.69) is 31.9 Å². The summed E-state index contributed by atoms with van der Waals surface area (Å²) in [4.78, 5) is 71.2. The molecule has 15 heteroatoms. The number of para-hydroxylation sites is 1. The van der Waals surface area contributed by atoms with Crippen molar-refractivity contribution in [1.29, 1.82) is 0 Å². The van der Waals surface area contributed by atoms with E-state index < -0.39 is 62.4 Å². The number of rotatable bonds is 8. The van der Waals surface area contributed by atoms with Crippen molar-refractivity contribution >= 4 is 55.3 Å². The number of carbonyl (C=O) groups excluding carboxylic acids is 4. The molecule has 57 heavy (non-hydrogen) atoms. The van der Waals surface area contributed by atoms with Crippen LogP contribution in [0.4, 0.5) is 0 Å². The van der Waals surface area contributed by atoms with Crippen LogP contribution in [-0.2, 0) is 24.4 Å². The molecule has 2 aliphatic heterocycles. The van der Waals surface area contributed by atoms with Gasteiger partial charge in [0.2, 0.25) is 27.7 Å². The highest BCUT2D eigenvalue weighted by molar-refractivity contribution is 7.91. The van der Waals surface area contributed by atoms with Crippen molar-refractivity contribution in [3.8, 4) is 5.88 Å². The van der Waals surface area contributed by atoms with Gasteiger partial charge in [-0.1, -0.05) is 68.0 Å². The lowest BCUT2D eigenvalue weighted by atomic mass is 10.0. The highest BCUT2D eigenvalue weighted by Gasteiger charge is 2.66. The zero-order valence-electron chi connectivity index (χ0n) is 31.6. The van der Waals surface area contributed by atoms with E-state index in [1.165, 1.54) is 17.3 Å². The average molecular weight is 792 g/mol. The normalized spacial score (nSPS) is 26.1. The molecule has 8 rings (SSSR count). The summed E-state index contributed by atoms with van der Waals surface area (Å²) in [6, 6.07) is 13.5. The van der Waals surface area contributed by atoms with Gasteiger partial charge in [-0.25, -0.2) is 18.4 Å². The van der Waals surface area contributed by atoms with Crippen molar-refractivity contribution in [2.45, 2.75) is 81.2 Å². The molecule has 4 aromatic rings. The van der Waals surface area contributed by atoms with Crippen LogP contribution in [0.1, 0.15) is 67.5 Å². The van der Waals surface area contributed by atoms with Gasteiger partial charge < -0.3 is 20.3 Å². The van der Waals surface area contributed by atoms with Crippen LogP contribution in [0.5, 0.6) is 5.88 Å². The quantitative estimate of drug-likeness (QED) is 0.174. The first-order valence-electron chi connectivity index (χ1n) is 19.5. The van der Waals surface area contributed by atoms with Crippen LogP contribution in [0.15, 0.2) is 85.2 Å². The molecule has 296 valence electrons. The number of carbonyl (C=O) groups is 4. The maximum absolute atomic E-state index is 14.7. The fourth-order valence-corrected chi connectivity index (χ4v) is 9.40. The van der Waals surface area contributed by atoms with Crippen molar-refractivity contribution in [3.05, 3.63) is 96.6 Å². The molecule has 4 amide bonds. The minimum Gasteiger partial charge on any atom is -0.477 e. The molecule has 2 aromatic carbocycles. The molecule has 2 aliphatic carbocycles. The zero-order valence-corrected chi connectivity index (χ0v) is 32.5. The van der Waals surface area contributed by atoms with Crippen LogP contribution in [0, 0.1) is 18.8 Å². The highest BCUT2D eigenvalue weighted by Crippen LogP contribution is 2.51. The van der Waals surface area contributed by atoms with Crippen molar-refractivity contribution < 1.29 is 32.3 Å². The molecule has 2 saturated carbocycles. The summed E-state index contributed by atoms with van der Waals surface area (Å²) in [6.45, 7) is 6.07. The third-order valence-corrected chi connectivity index (χ3v) is 13.3. The largest absolute Gasteiger partial charge is 0.477 e. The Hall–Kier alpha value is -5.70. The Kier molecular flexibility index (Phi) is 10.3. The maximum Gasteiger partial charge on any atom is 0.272 e. The molecule has 2 aromatic heterocycles. The van der Waals surface area contributed by atoms with Gasteiger partial charge in [-0.05, 0) is 68.5 Å². The van der Waals surface area contributed by atoms with E-state index in [1.54, 1.807) is 13.0 Å². The Bertz CT molecular complexity index is 2420. The van der Waals surface area contributed by atoms with E-state index in [1.807, 2.05) is 54.6 Å². The molecule has 4 heterocycles. The van der Waals surface area contributed by atoms with E-state index in [0.29, 0.717) is 49.3 Å². The second-order valence-electron chi connectivity index (χ2n) is 15.5. The number of nitrogens with one attached hydrogen (secondary N) is 3. The summed E-state index contributed by atoms with van der Waals surface area (Å²) in [7, 11) is -3.95. The smallest absolute Gasteiger partial charge is 0.272 e. The lowest BCUT2D eigenvalue weighted by Crippen LogP contribution is -2.58. The van der Waals surface area contributed by atoms with Gasteiger partial charge >= 0.3 is 0 Å². The summed E-state index contributed by atoms with van der Waals surface area (Å²) in [5.74, 6) is -3.12. The topological polar surface area (TPSA) is 190 Å². The van der Waals surface area contributed by atoms with Crippen molar-refractivity contribution in [3.63, 3.8) is 0 Å². The highest BCUT2D eigenvalue weighted by atomic mass is 32.2. The Morgan fingerprint density at radius 1 is 0.982 bits per heavy atom. The monoisotopic (exact) mass is 791 g/mol. The number of benzene rings is 2. The number of hydrogen-bond acceptors (Lipinski definition) is 10. The molecule has 1 unspecified atom stereocenters. The van der Waals surface area contributed by atoms with E-state index in [4.69, 9.17) is 9.72 Å². The lowest BCUT2D eigenvalue weighted by Gasteiger charge is -2.30. The van der Waals surface area contributed by atoms with E-state index in [9.17, 15) is 27.6 Å². The summed E-state index contributed by atoms with van der Waals surface area (Å²) in [5, 5.41) is 7.85. The van der Waals surface area contributed by atoms with Crippen LogP contribution in [0.2, 0.25) is 0 Å². The maximum atomic E-state index is 14.7. The van der Waals surface area contributed by atoms with Crippen molar-refractivity contribution in [1.82, 2.24) is 35.2 Å². The molecule has 14 nitrogen and oxygen atoms in total. The van der Waals surface area contributed by atoms with Gasteiger partial charge in [-0.3, -0.25) is 28.9 Å². The van der Waals surface area contributed by atoms with Crippen LogP contribution in [0.25, 0.3) is 21.7 Å². The predicted molar refractivity (Wildman–Crippen MR) is 212 cm³/mol. The summed E-state index contributed by atoms with van der Waals surface area (Å²) < 4.78 is 34.5. The average Bonchev–Trinajstić information content (AvgIpc) is 4.11. The summed E-state index contributed by atoms with van der Waals surface area (Å²) in [5.41, 5.74) is 0.0899. The van der Waals surface area contributed by atoms with Crippen molar-refractivity contribution in [2.24, 2.45) is 11.8 Å². The standard InChI is InChI=1S/C42H45N7O7S/c1-25-21-44-35(22-43-25)37(50)45-34-17-7-5-3-4-6-15-32-26(2)42(32,41(53)48-57(54,55)28-18-19-28)47-38(51)36-20-27(23-49(36)40(34)52)24-56-39-31-14-9-8-12-29(31)30-13-10-11-16-33(30)46-39/h6,8-16,21-22,27-28,32,34,36H,2-5,7,17-20,23-24H2,1H3,(H,45,50)(H,47,51)(H,48,53)/b15-6-/t27-,32?,34+,36+,42-/m1/s1. The van der Waals surface area contributed by atoms with Gasteiger partial charge in [0, 0.05) is 35.3 Å². The Balaban J connectivity index is 1.10. The number of nitrogens with zero attached hydrogens (tertiary/aromatic N) is 4. The summed E-state index contributed by atoms with van der Waals surface area (Å²) >= 11 is 0. The number of fused-ring (bicyclic) bond motifs is 5. The van der Waals surface area contributed by atoms with Gasteiger partial charge in [-0.15, -0.1) is 0 Å². The molecule has 5 atom stereocenters. The van der Waals surface area contributed by atoms with Crippen LogP contribution in [-0.4, -0.2) is 87.9 Å². The van der Waals surface area contributed by atoms with Gasteiger partial charge in [0.25, 0.3) is 11.8 Å². The molecular weight excluding hydrogens is 747 g/mol. The number of allylic oxidation sites excluding steroid dienone is 1. The molecule has 1 saturated heterocycles. The second kappa shape index (κ2) is 15.3. The molecule has 4 aliphatic rings. The summed E-state index contributed by atoms with van der Waals surface area (Å²) in [6.07, 6.45) is 10.7. The number of aryl methyl sites for hydroxylation is 1. The Morgan fingerprint density at radius 2 is 1.74 bits per heavy atom. The SMILES string of the molecule is C=C1C2/C=C\CCCCC[C@H](NC(=O)c3cnc(C)cn3)C(=O)N3C[C@H](COc4nc5ccccc5c5ccccc45)C[C@H]3C(=O)N[C@]12C(=O)NS(=O)(=O)C1CC1. The van der Waals surface area contributed by atoms with Gasteiger partial charge in [0.1, 0.15) is 17.8 Å². The number of pyridine rings is 1. The number of sulfonamides is 1. The molecular formula is C42H45N7O7S. The first-order valence-corrected chi connectivity index (χ1v) is 21.0. The van der Waals surface area contributed by atoms with E-state index in [0.717, 1.165) is 34.5 Å². The zero-order chi connectivity index (χ0) is 39.9. The minimum atomic E-state index is -3.95. The fraction of sp³-hybridized carbons (Fsp3) is 0.405. The first kappa shape index (κ1) is 38.2. The van der Waals surface area contributed by atoms with E-state index >= 15 is 0 Å². The third kappa shape index (κ3) is 7.59. The molecule has 0 radical (unpaired) electrons. The lowest BCUT2D eigenvalue weighted by molar-refractivity contribution is -0.141. The minimum absolute atomic E-state index is 0.0546. The Labute approximate surface area is 330 Å². The number of ether oxygens (including phenoxy) is 1. The number of amides is 4. The molecule has 0 spiro atoms. The van der Waals surface area contributed by atoms with Gasteiger partial charge in [0.15, 0.2) is 5.54 Å². The van der Waals surface area contributed by atoms with Crippen LogP contribution < -0.4 is 20.1 Å². The van der Waals surface area contributed by atoms with Gasteiger partial charge in [0.05, 0.1) is 29.3 Å². The van der Waals surface area contributed by atoms with Crippen molar-refractivity contribution in [2.75, 3.05) is 13.2 Å². The second-order valence-corrected chi connectivity index (χ2v) is 17.5. The van der Waals surface area contributed by atoms with E-state index in [-0.39, 0.29) is 31.2 Å². The fourth-order valence-electron chi connectivity index (χ4n) is 8.06. The molecule has 3 fully saturated rings. The number of hydrogen-bond donors (Lipinski definition) is 3. The Morgan fingerprint density at radius 3 is 2.49 bits per heavy atom. The van der Waals surface area contributed by atoms with Crippen LogP contribution >= 0.6 is 0 Å². The molecule has 0 bridgehead atoms. The molecule has 3 N–H and O–H groups in total. The first-order chi connectivity index (χ1) is 27.5. The van der Waals surface area contributed by atoms with Gasteiger partial charge in [-0.2, -0.15) is 0 Å². The van der Waals surface area contributed by atoms with Crippen LogP contribution in [0.3, 0.4) is 0 Å². The third-order valence-electron chi connectivity index (χ3n) is 11.5. The predicted octanol–water partition coefficient (Wildman–Crippen LogP) is 4.05. The number of aromatic nitrogens is 3.